The quantitative estimate of drug-likeness (QED) is 0.586. The number of nitrogens with zero attached hydrogens (tertiary/aromatic N) is 2. The maximum Gasteiger partial charge on any atom is 0.270 e. The summed E-state index contributed by atoms with van der Waals surface area (Å²) >= 11 is 3.57. The highest BCUT2D eigenvalue weighted by Gasteiger charge is 2.30. The number of carbonyl (C=O) groups excluding carboxylic acids is 1. The van der Waals surface area contributed by atoms with Gasteiger partial charge in [-0.3, -0.25) is 4.79 Å². The summed E-state index contributed by atoms with van der Waals surface area (Å²) in [7, 11) is -3.64. The molecule has 8 nitrogen and oxygen atoms in total. The number of nitrogens with one attached hydrogen (secondary N) is 2. The summed E-state index contributed by atoms with van der Waals surface area (Å²) in [6, 6.07) is 7.46. The highest BCUT2D eigenvalue weighted by Crippen LogP contribution is 2.32. The molecule has 2 aromatic heterocycles. The van der Waals surface area contributed by atoms with E-state index < -0.39 is 10.0 Å². The van der Waals surface area contributed by atoms with Gasteiger partial charge in [0.2, 0.25) is 10.0 Å². The van der Waals surface area contributed by atoms with Gasteiger partial charge in [-0.15, -0.1) is 0 Å². The highest BCUT2D eigenvalue weighted by molar-refractivity contribution is 9.10. The van der Waals surface area contributed by atoms with Crippen molar-refractivity contribution >= 4 is 42.8 Å². The Morgan fingerprint density at radius 1 is 1.17 bits per heavy atom. The van der Waals surface area contributed by atoms with Gasteiger partial charge in [-0.05, 0) is 28.1 Å². The second-order valence-electron chi connectivity index (χ2n) is 7.49. The lowest BCUT2D eigenvalue weighted by Gasteiger charge is -2.27. The molecule has 0 saturated carbocycles. The van der Waals surface area contributed by atoms with E-state index in [4.69, 9.17) is 4.74 Å². The Labute approximate surface area is 182 Å². The van der Waals surface area contributed by atoms with E-state index in [0.29, 0.717) is 39.4 Å². The van der Waals surface area contributed by atoms with Gasteiger partial charge in [0.25, 0.3) is 5.91 Å². The van der Waals surface area contributed by atoms with E-state index in [1.54, 1.807) is 4.90 Å². The molecule has 0 radical (unpaired) electrons. The molecule has 5 rings (SSSR count). The number of hydrogen-bond acceptors (Lipinski definition) is 4. The highest BCUT2D eigenvalue weighted by atomic mass is 79.9. The monoisotopic (exact) mass is 492 g/mol. The molecule has 1 aromatic carbocycles. The molecule has 3 aromatic rings. The fraction of sp³-hybridized carbons (Fsp3) is 0.350. The second kappa shape index (κ2) is 7.52. The van der Waals surface area contributed by atoms with Crippen LogP contribution in [0.15, 0.2) is 39.8 Å². The Morgan fingerprint density at radius 2 is 1.97 bits per heavy atom. The van der Waals surface area contributed by atoms with Gasteiger partial charge in [0.1, 0.15) is 10.6 Å². The van der Waals surface area contributed by atoms with Crippen LogP contribution >= 0.6 is 15.9 Å². The topological polar surface area (TPSA) is 98.5 Å². The van der Waals surface area contributed by atoms with Crippen LogP contribution in [0.25, 0.3) is 10.9 Å². The molecule has 1 saturated heterocycles. The van der Waals surface area contributed by atoms with Gasteiger partial charge in [-0.25, -0.2) is 8.42 Å². The number of amides is 1. The van der Waals surface area contributed by atoms with Gasteiger partial charge in [0.05, 0.1) is 18.7 Å². The number of sulfonamides is 1. The van der Waals surface area contributed by atoms with E-state index in [1.165, 1.54) is 16.6 Å². The maximum absolute atomic E-state index is 13.1. The predicted octanol–water partition coefficient (Wildman–Crippen LogP) is 2.48. The maximum atomic E-state index is 13.1. The van der Waals surface area contributed by atoms with Crippen LogP contribution in [0.2, 0.25) is 0 Å². The summed E-state index contributed by atoms with van der Waals surface area (Å²) in [6.07, 6.45) is 2.12. The second-order valence-corrected chi connectivity index (χ2v) is 10.3. The van der Waals surface area contributed by atoms with Crippen LogP contribution in [0.4, 0.5) is 0 Å². The average molecular weight is 493 g/mol. The van der Waals surface area contributed by atoms with Gasteiger partial charge in [0, 0.05) is 59.9 Å². The number of carbonyl (C=O) groups is 1. The number of fused-ring (bicyclic) bond motifs is 3. The van der Waals surface area contributed by atoms with Crippen LogP contribution in [0.5, 0.6) is 0 Å². The van der Waals surface area contributed by atoms with Crippen molar-refractivity contribution in [3.63, 3.8) is 0 Å². The van der Waals surface area contributed by atoms with Gasteiger partial charge < -0.3 is 19.6 Å². The normalized spacial score (nSPS) is 18.0. The number of halogens is 1. The molecular formula is C20H21BrN4O4S. The first-order valence-corrected chi connectivity index (χ1v) is 12.0. The minimum atomic E-state index is -3.64. The molecular weight excluding hydrogens is 472 g/mol. The van der Waals surface area contributed by atoms with Crippen LogP contribution in [-0.4, -0.2) is 66.3 Å². The molecule has 1 fully saturated rings. The SMILES string of the molecule is O=C(c1cc(S(=O)(=O)N2CCOCC2)c[nH]1)N1CCc2[nH]c3c(Br)cccc3c2C1. The molecule has 2 aliphatic heterocycles. The lowest BCUT2D eigenvalue weighted by atomic mass is 10.0. The fourth-order valence-electron chi connectivity index (χ4n) is 4.13. The molecule has 10 heteroatoms. The summed E-state index contributed by atoms with van der Waals surface area (Å²) < 4.78 is 33.3. The van der Waals surface area contributed by atoms with Crippen molar-refractivity contribution in [2.24, 2.45) is 0 Å². The van der Waals surface area contributed by atoms with E-state index in [1.807, 2.05) is 18.2 Å². The van der Waals surface area contributed by atoms with Crippen molar-refractivity contribution in [1.29, 1.82) is 0 Å². The first kappa shape index (κ1) is 19.8. The van der Waals surface area contributed by atoms with Crippen LogP contribution in [-0.2, 0) is 27.7 Å². The Morgan fingerprint density at radius 3 is 2.77 bits per heavy atom. The molecule has 0 aliphatic carbocycles. The molecule has 2 aliphatic rings. The minimum Gasteiger partial charge on any atom is -0.379 e. The number of para-hydroxylation sites is 1. The van der Waals surface area contributed by atoms with Gasteiger partial charge in [0.15, 0.2) is 0 Å². The van der Waals surface area contributed by atoms with Crippen molar-refractivity contribution in [3.8, 4) is 0 Å². The number of hydrogen-bond donors (Lipinski definition) is 2. The lowest BCUT2D eigenvalue weighted by molar-refractivity contribution is 0.0727. The van der Waals surface area contributed by atoms with Crippen molar-refractivity contribution in [3.05, 3.63) is 51.9 Å². The molecule has 0 bridgehead atoms. The van der Waals surface area contributed by atoms with E-state index in [0.717, 1.165) is 33.1 Å². The molecule has 0 atom stereocenters. The van der Waals surface area contributed by atoms with Crippen molar-refractivity contribution in [2.45, 2.75) is 17.9 Å². The van der Waals surface area contributed by atoms with Gasteiger partial charge >= 0.3 is 0 Å². The number of ether oxygens (including phenoxy) is 1. The Bertz CT molecular complexity index is 1230. The summed E-state index contributed by atoms with van der Waals surface area (Å²) in [4.78, 5) is 21.3. The number of benzene rings is 1. The smallest absolute Gasteiger partial charge is 0.270 e. The van der Waals surface area contributed by atoms with E-state index >= 15 is 0 Å². The summed E-state index contributed by atoms with van der Waals surface area (Å²) in [5.41, 5.74) is 3.57. The van der Waals surface area contributed by atoms with E-state index in [9.17, 15) is 13.2 Å². The largest absolute Gasteiger partial charge is 0.379 e. The molecule has 30 heavy (non-hydrogen) atoms. The van der Waals surface area contributed by atoms with E-state index in [2.05, 4.69) is 25.9 Å². The summed E-state index contributed by atoms with van der Waals surface area (Å²) in [5, 5.41) is 1.10. The van der Waals surface area contributed by atoms with Crippen molar-refractivity contribution < 1.29 is 17.9 Å². The average Bonchev–Trinajstić information content (AvgIpc) is 3.40. The number of rotatable bonds is 3. The number of aromatic amines is 2. The molecule has 0 unspecified atom stereocenters. The third-order valence-corrected chi connectivity index (χ3v) is 8.28. The van der Waals surface area contributed by atoms with Gasteiger partial charge in [-0.1, -0.05) is 12.1 Å². The zero-order valence-electron chi connectivity index (χ0n) is 16.2. The van der Waals surface area contributed by atoms with Crippen LogP contribution in [0.1, 0.15) is 21.7 Å². The summed E-state index contributed by atoms with van der Waals surface area (Å²) in [6.45, 7) is 2.46. The molecule has 4 heterocycles. The van der Waals surface area contributed by atoms with Crippen molar-refractivity contribution in [2.75, 3.05) is 32.8 Å². The van der Waals surface area contributed by atoms with Crippen LogP contribution in [0, 0.1) is 0 Å². The standard InChI is InChI=1S/C20H21BrN4O4S/c21-16-3-1-2-14-15-12-24(5-4-17(15)23-19(14)16)20(26)18-10-13(11-22-18)30(27,28)25-6-8-29-9-7-25/h1-3,10-11,22-23H,4-9,12H2. The molecule has 1 amide bonds. The Kier molecular flexibility index (Phi) is 4.97. The number of morpholine rings is 1. The fourth-order valence-corrected chi connectivity index (χ4v) is 6.00. The molecule has 158 valence electrons. The Hall–Kier alpha value is -2.14. The number of aromatic nitrogens is 2. The minimum absolute atomic E-state index is 0.112. The number of H-pyrrole nitrogens is 2. The van der Waals surface area contributed by atoms with E-state index in [-0.39, 0.29) is 16.5 Å². The van der Waals surface area contributed by atoms with Crippen LogP contribution < -0.4 is 0 Å². The predicted molar refractivity (Wildman–Crippen MR) is 115 cm³/mol. The first-order chi connectivity index (χ1) is 14.4. The van der Waals surface area contributed by atoms with Crippen molar-refractivity contribution in [1.82, 2.24) is 19.2 Å². The molecule has 0 spiro atoms. The van der Waals surface area contributed by atoms with Gasteiger partial charge in [-0.2, -0.15) is 4.31 Å². The lowest BCUT2D eigenvalue weighted by Crippen LogP contribution is -2.40. The Balaban J connectivity index is 1.39. The zero-order chi connectivity index (χ0) is 20.9. The third kappa shape index (κ3) is 3.27. The summed E-state index contributed by atoms with van der Waals surface area (Å²) in [5.74, 6) is -0.201. The zero-order valence-corrected chi connectivity index (χ0v) is 18.6. The van der Waals surface area contributed by atoms with Crippen LogP contribution in [0.3, 0.4) is 0 Å². The third-order valence-electron chi connectivity index (χ3n) is 5.74. The molecule has 2 N–H and O–H groups in total. The first-order valence-electron chi connectivity index (χ1n) is 9.78.